The van der Waals surface area contributed by atoms with Gasteiger partial charge in [-0.3, -0.25) is 4.79 Å². The van der Waals surface area contributed by atoms with E-state index in [1.54, 1.807) is 13.2 Å². The number of amides is 1. The van der Waals surface area contributed by atoms with Gasteiger partial charge in [0, 0.05) is 7.05 Å². The Morgan fingerprint density at radius 1 is 1.29 bits per heavy atom. The highest BCUT2D eigenvalue weighted by atomic mass is 32.1. The Morgan fingerprint density at radius 3 is 2.75 bits per heavy atom. The Bertz CT molecular complexity index is 840. The van der Waals surface area contributed by atoms with Gasteiger partial charge in [0.05, 0.1) is 29.2 Å². The van der Waals surface area contributed by atoms with Gasteiger partial charge < -0.3 is 15.6 Å². The molecule has 0 aliphatic carbocycles. The number of imidazole rings is 1. The van der Waals surface area contributed by atoms with Crippen molar-refractivity contribution in [3.05, 3.63) is 53.6 Å². The fourth-order valence-electron chi connectivity index (χ4n) is 2.47. The highest BCUT2D eigenvalue weighted by molar-refractivity contribution is 7.10. The Kier molecular flexibility index (Phi) is 4.61. The molecular formula is C17H19N5OS. The van der Waals surface area contributed by atoms with E-state index in [-0.39, 0.29) is 11.9 Å². The number of aryl methyl sites for hydroxylation is 1. The molecule has 0 aliphatic rings. The summed E-state index contributed by atoms with van der Waals surface area (Å²) in [6, 6.07) is 9.72. The van der Waals surface area contributed by atoms with E-state index in [2.05, 4.69) is 25.0 Å². The van der Waals surface area contributed by atoms with E-state index in [1.807, 2.05) is 44.2 Å². The molecule has 3 rings (SSSR count). The molecule has 1 aromatic carbocycles. The number of nitrogens with one attached hydrogen (secondary N) is 3. The van der Waals surface area contributed by atoms with E-state index in [0.29, 0.717) is 11.4 Å². The number of aromatic nitrogens is 3. The molecule has 0 radical (unpaired) electrons. The van der Waals surface area contributed by atoms with Crippen molar-refractivity contribution in [2.75, 3.05) is 12.4 Å². The van der Waals surface area contributed by atoms with Gasteiger partial charge in [0.25, 0.3) is 5.91 Å². The molecule has 2 heterocycles. The first-order chi connectivity index (χ1) is 11.6. The summed E-state index contributed by atoms with van der Waals surface area (Å²) in [7, 11) is 1.78. The Morgan fingerprint density at radius 2 is 2.04 bits per heavy atom. The van der Waals surface area contributed by atoms with Crippen molar-refractivity contribution in [3.63, 3.8) is 0 Å². The normalized spacial score (nSPS) is 12.0. The standard InChI is InChI=1S/C17H19N5OS/c1-10-14(17(18-3)24-22-10)16(23)20-11(2)15-19-9-13(21-15)12-7-5-4-6-8-12/h4-9,11,18H,1-3H3,(H,19,21)(H,20,23)/t11-/m0/s1. The van der Waals surface area contributed by atoms with Crippen molar-refractivity contribution in [1.82, 2.24) is 19.7 Å². The maximum atomic E-state index is 12.5. The minimum absolute atomic E-state index is 0.157. The highest BCUT2D eigenvalue weighted by Gasteiger charge is 2.21. The summed E-state index contributed by atoms with van der Waals surface area (Å²) in [5.41, 5.74) is 3.30. The molecule has 24 heavy (non-hydrogen) atoms. The summed E-state index contributed by atoms with van der Waals surface area (Å²) in [5, 5.41) is 6.75. The number of H-pyrrole nitrogens is 1. The van der Waals surface area contributed by atoms with Gasteiger partial charge in [0.2, 0.25) is 0 Å². The smallest absolute Gasteiger partial charge is 0.256 e. The first kappa shape index (κ1) is 16.2. The topological polar surface area (TPSA) is 82.7 Å². The lowest BCUT2D eigenvalue weighted by Crippen LogP contribution is -2.28. The first-order valence-electron chi connectivity index (χ1n) is 7.65. The SMILES string of the molecule is CNc1snc(C)c1C(=O)N[C@@H](C)c1ncc(-c2ccccc2)[nH]1. The maximum Gasteiger partial charge on any atom is 0.256 e. The zero-order chi connectivity index (χ0) is 17.1. The molecule has 0 saturated carbocycles. The average molecular weight is 341 g/mol. The fraction of sp³-hybridized carbons (Fsp3) is 0.235. The fourth-order valence-corrected chi connectivity index (χ4v) is 3.21. The predicted molar refractivity (Wildman–Crippen MR) is 96.3 cm³/mol. The number of hydrogen-bond acceptors (Lipinski definition) is 5. The second-order valence-corrected chi connectivity index (χ2v) is 6.24. The summed E-state index contributed by atoms with van der Waals surface area (Å²) < 4.78 is 4.23. The number of carbonyl (C=O) groups is 1. The number of anilines is 1. The summed E-state index contributed by atoms with van der Waals surface area (Å²) in [5.74, 6) is 0.560. The molecule has 0 spiro atoms. The van der Waals surface area contributed by atoms with Crippen molar-refractivity contribution < 1.29 is 4.79 Å². The van der Waals surface area contributed by atoms with Gasteiger partial charge in [-0.2, -0.15) is 4.37 Å². The number of aromatic amines is 1. The van der Waals surface area contributed by atoms with Crippen LogP contribution >= 0.6 is 11.5 Å². The molecule has 124 valence electrons. The van der Waals surface area contributed by atoms with Crippen LogP contribution in [0.5, 0.6) is 0 Å². The minimum Gasteiger partial charge on any atom is -0.378 e. The third kappa shape index (κ3) is 3.16. The van der Waals surface area contributed by atoms with E-state index in [4.69, 9.17) is 0 Å². The van der Waals surface area contributed by atoms with Crippen molar-refractivity contribution >= 4 is 22.4 Å². The Balaban J connectivity index is 1.76. The molecule has 3 aromatic rings. The highest BCUT2D eigenvalue weighted by Crippen LogP contribution is 2.25. The number of rotatable bonds is 5. The molecule has 1 atom stereocenters. The lowest BCUT2D eigenvalue weighted by molar-refractivity contribution is 0.0939. The van der Waals surface area contributed by atoms with Crippen LogP contribution in [0.1, 0.15) is 34.8 Å². The molecule has 0 saturated heterocycles. The summed E-state index contributed by atoms with van der Waals surface area (Å²) in [6.07, 6.45) is 1.78. The molecular weight excluding hydrogens is 322 g/mol. The molecule has 0 fully saturated rings. The number of benzene rings is 1. The van der Waals surface area contributed by atoms with Crippen LogP contribution in [0.15, 0.2) is 36.5 Å². The van der Waals surface area contributed by atoms with E-state index in [1.165, 1.54) is 11.5 Å². The van der Waals surface area contributed by atoms with Crippen LogP contribution < -0.4 is 10.6 Å². The zero-order valence-electron chi connectivity index (χ0n) is 13.8. The number of hydrogen-bond donors (Lipinski definition) is 3. The largest absolute Gasteiger partial charge is 0.378 e. The van der Waals surface area contributed by atoms with Crippen LogP contribution in [-0.2, 0) is 0 Å². The van der Waals surface area contributed by atoms with Crippen LogP contribution in [-0.4, -0.2) is 27.3 Å². The monoisotopic (exact) mass is 341 g/mol. The summed E-state index contributed by atoms with van der Waals surface area (Å²) in [4.78, 5) is 20.2. The lowest BCUT2D eigenvalue weighted by atomic mass is 10.2. The quantitative estimate of drug-likeness (QED) is 0.664. The molecule has 7 heteroatoms. The van der Waals surface area contributed by atoms with Gasteiger partial charge in [-0.25, -0.2) is 4.98 Å². The van der Waals surface area contributed by atoms with Crippen molar-refractivity contribution in [2.24, 2.45) is 0 Å². The van der Waals surface area contributed by atoms with Gasteiger partial charge in [0.1, 0.15) is 10.8 Å². The second-order valence-electron chi connectivity index (χ2n) is 5.47. The first-order valence-corrected chi connectivity index (χ1v) is 8.42. The van der Waals surface area contributed by atoms with Crippen molar-refractivity contribution in [1.29, 1.82) is 0 Å². The van der Waals surface area contributed by atoms with Crippen LogP contribution in [0.3, 0.4) is 0 Å². The molecule has 6 nitrogen and oxygen atoms in total. The number of nitrogens with zero attached hydrogens (tertiary/aromatic N) is 2. The van der Waals surface area contributed by atoms with Gasteiger partial charge >= 0.3 is 0 Å². The van der Waals surface area contributed by atoms with Crippen molar-refractivity contribution in [3.8, 4) is 11.3 Å². The Labute approximate surface area is 144 Å². The predicted octanol–water partition coefficient (Wildman–Crippen LogP) is 3.37. The van der Waals surface area contributed by atoms with E-state index in [9.17, 15) is 4.79 Å². The van der Waals surface area contributed by atoms with Gasteiger partial charge in [-0.05, 0) is 30.9 Å². The van der Waals surface area contributed by atoms with Gasteiger partial charge in [-0.1, -0.05) is 30.3 Å². The molecule has 3 N–H and O–H groups in total. The van der Waals surface area contributed by atoms with Crippen LogP contribution in [0, 0.1) is 6.92 Å². The third-order valence-electron chi connectivity index (χ3n) is 3.75. The van der Waals surface area contributed by atoms with E-state index < -0.39 is 0 Å². The lowest BCUT2D eigenvalue weighted by Gasteiger charge is -2.12. The average Bonchev–Trinajstić information content (AvgIpc) is 3.22. The Hall–Kier alpha value is -2.67. The maximum absolute atomic E-state index is 12.5. The molecule has 0 unspecified atom stereocenters. The van der Waals surface area contributed by atoms with Crippen LogP contribution in [0.4, 0.5) is 5.00 Å². The van der Waals surface area contributed by atoms with Crippen molar-refractivity contribution in [2.45, 2.75) is 19.9 Å². The molecule has 0 aliphatic heterocycles. The number of carbonyl (C=O) groups excluding carboxylic acids is 1. The molecule has 1 amide bonds. The third-order valence-corrected chi connectivity index (χ3v) is 4.71. The van der Waals surface area contributed by atoms with Gasteiger partial charge in [0.15, 0.2) is 0 Å². The molecule has 2 aromatic heterocycles. The van der Waals surface area contributed by atoms with Crippen LogP contribution in [0.25, 0.3) is 11.3 Å². The van der Waals surface area contributed by atoms with E-state index in [0.717, 1.165) is 22.0 Å². The zero-order valence-corrected chi connectivity index (χ0v) is 14.6. The summed E-state index contributed by atoms with van der Waals surface area (Å²) >= 11 is 1.28. The van der Waals surface area contributed by atoms with E-state index >= 15 is 0 Å². The summed E-state index contributed by atoms with van der Waals surface area (Å²) in [6.45, 7) is 3.73. The van der Waals surface area contributed by atoms with Crippen LogP contribution in [0.2, 0.25) is 0 Å². The minimum atomic E-state index is -0.237. The second kappa shape index (κ2) is 6.84. The molecule has 0 bridgehead atoms. The van der Waals surface area contributed by atoms with Gasteiger partial charge in [-0.15, -0.1) is 0 Å².